The van der Waals surface area contributed by atoms with Gasteiger partial charge in [-0.2, -0.15) is 0 Å². The number of nitrogens with one attached hydrogen (secondary N) is 1. The molecule has 104 valence electrons. The second kappa shape index (κ2) is 8.81. The van der Waals surface area contributed by atoms with Crippen LogP contribution in [0.1, 0.15) is 17.2 Å². The van der Waals surface area contributed by atoms with Crippen molar-refractivity contribution in [2.75, 3.05) is 6.54 Å². The van der Waals surface area contributed by atoms with Crippen molar-refractivity contribution < 1.29 is 0 Å². The van der Waals surface area contributed by atoms with Crippen LogP contribution in [0.3, 0.4) is 0 Å². The van der Waals surface area contributed by atoms with Gasteiger partial charge >= 0.3 is 0 Å². The fourth-order valence-electron chi connectivity index (χ4n) is 2.03. The molecule has 0 aliphatic carbocycles. The molecular weight excluding hydrogens is 334 g/mol. The SMILES string of the molecule is C#CCNC(Cc1ccccc1)c1ccc(Br)cc1.Cl. The van der Waals surface area contributed by atoms with Crippen LogP contribution in [-0.2, 0) is 6.42 Å². The van der Waals surface area contributed by atoms with Gasteiger partial charge in [0.2, 0.25) is 0 Å². The lowest BCUT2D eigenvalue weighted by molar-refractivity contribution is 0.569. The van der Waals surface area contributed by atoms with Gasteiger partial charge in [0.25, 0.3) is 0 Å². The van der Waals surface area contributed by atoms with Crippen molar-refractivity contribution in [3.63, 3.8) is 0 Å². The monoisotopic (exact) mass is 349 g/mol. The summed E-state index contributed by atoms with van der Waals surface area (Å²) in [5.74, 6) is 2.64. The number of terminal acetylenes is 1. The third-order valence-corrected chi connectivity index (χ3v) is 3.53. The Hall–Kier alpha value is -1.27. The zero-order valence-corrected chi connectivity index (χ0v) is 13.5. The van der Waals surface area contributed by atoms with Crippen LogP contribution in [0.5, 0.6) is 0 Å². The highest BCUT2D eigenvalue weighted by atomic mass is 79.9. The molecule has 1 atom stereocenters. The fraction of sp³-hybridized carbons (Fsp3) is 0.176. The predicted molar refractivity (Wildman–Crippen MR) is 91.1 cm³/mol. The highest BCUT2D eigenvalue weighted by Crippen LogP contribution is 2.20. The molecule has 3 heteroatoms. The summed E-state index contributed by atoms with van der Waals surface area (Å²) in [7, 11) is 0. The average molecular weight is 351 g/mol. The third-order valence-electron chi connectivity index (χ3n) is 3.01. The number of hydrogen-bond acceptors (Lipinski definition) is 1. The van der Waals surface area contributed by atoms with Gasteiger partial charge in [0.05, 0.1) is 6.54 Å². The van der Waals surface area contributed by atoms with Crippen LogP contribution >= 0.6 is 28.3 Å². The summed E-state index contributed by atoms with van der Waals surface area (Å²) in [6.45, 7) is 0.577. The van der Waals surface area contributed by atoms with E-state index in [0.717, 1.165) is 10.9 Å². The van der Waals surface area contributed by atoms with E-state index in [4.69, 9.17) is 6.42 Å². The fourth-order valence-corrected chi connectivity index (χ4v) is 2.30. The van der Waals surface area contributed by atoms with E-state index in [1.165, 1.54) is 11.1 Å². The first kappa shape index (κ1) is 16.8. The summed E-state index contributed by atoms with van der Waals surface area (Å²) >= 11 is 3.46. The number of rotatable bonds is 5. The van der Waals surface area contributed by atoms with E-state index in [9.17, 15) is 0 Å². The van der Waals surface area contributed by atoms with Crippen LogP contribution in [-0.4, -0.2) is 6.54 Å². The van der Waals surface area contributed by atoms with E-state index in [2.05, 4.69) is 75.7 Å². The summed E-state index contributed by atoms with van der Waals surface area (Å²) in [5.41, 5.74) is 2.56. The Kier molecular flexibility index (Phi) is 7.40. The van der Waals surface area contributed by atoms with E-state index in [0.29, 0.717) is 6.54 Å². The molecule has 0 aliphatic heterocycles. The Morgan fingerprint density at radius 2 is 1.70 bits per heavy atom. The first-order chi connectivity index (χ1) is 9.29. The van der Waals surface area contributed by atoms with Crippen molar-refractivity contribution in [1.29, 1.82) is 0 Å². The molecule has 0 radical (unpaired) electrons. The van der Waals surface area contributed by atoms with Gasteiger partial charge < -0.3 is 0 Å². The summed E-state index contributed by atoms with van der Waals surface area (Å²) < 4.78 is 1.09. The molecule has 2 aromatic rings. The molecule has 0 aliphatic rings. The van der Waals surface area contributed by atoms with Crippen LogP contribution < -0.4 is 5.32 Å². The minimum atomic E-state index is 0. The topological polar surface area (TPSA) is 12.0 Å². The van der Waals surface area contributed by atoms with E-state index in [1.54, 1.807) is 0 Å². The molecule has 20 heavy (non-hydrogen) atoms. The standard InChI is InChI=1S/C17H16BrN.ClH/c1-2-12-19-17(13-14-6-4-3-5-7-14)15-8-10-16(18)11-9-15;/h1,3-11,17,19H,12-13H2;1H. The van der Waals surface area contributed by atoms with Crippen molar-refractivity contribution >= 4 is 28.3 Å². The molecule has 2 aromatic carbocycles. The summed E-state index contributed by atoms with van der Waals surface area (Å²) in [4.78, 5) is 0. The second-order valence-corrected chi connectivity index (χ2v) is 5.29. The maximum atomic E-state index is 5.35. The van der Waals surface area contributed by atoms with Gasteiger partial charge in [-0.25, -0.2) is 0 Å². The van der Waals surface area contributed by atoms with Gasteiger partial charge in [-0.15, -0.1) is 18.8 Å². The molecule has 1 unspecified atom stereocenters. The molecule has 2 rings (SSSR count). The maximum Gasteiger partial charge on any atom is 0.0578 e. The van der Waals surface area contributed by atoms with Crippen molar-refractivity contribution in [2.24, 2.45) is 0 Å². The zero-order chi connectivity index (χ0) is 13.5. The molecule has 0 aromatic heterocycles. The first-order valence-electron chi connectivity index (χ1n) is 6.26. The zero-order valence-electron chi connectivity index (χ0n) is 11.1. The molecule has 0 spiro atoms. The van der Waals surface area contributed by atoms with Crippen molar-refractivity contribution in [3.05, 3.63) is 70.2 Å². The van der Waals surface area contributed by atoms with Crippen LogP contribution in [0, 0.1) is 12.3 Å². The molecule has 0 bridgehead atoms. The number of halogens is 2. The summed E-state index contributed by atoms with van der Waals surface area (Å²) in [6, 6.07) is 19.1. The molecule has 0 amide bonds. The molecule has 0 heterocycles. The lowest BCUT2D eigenvalue weighted by Crippen LogP contribution is -2.23. The van der Waals surface area contributed by atoms with Gasteiger partial charge in [-0.1, -0.05) is 64.3 Å². The Morgan fingerprint density at radius 3 is 2.30 bits per heavy atom. The van der Waals surface area contributed by atoms with Crippen molar-refractivity contribution in [1.82, 2.24) is 5.32 Å². The molecule has 1 N–H and O–H groups in total. The van der Waals surface area contributed by atoms with Crippen LogP contribution in [0.2, 0.25) is 0 Å². The Labute approximate surface area is 135 Å². The van der Waals surface area contributed by atoms with Gasteiger partial charge in [0.15, 0.2) is 0 Å². The lowest BCUT2D eigenvalue weighted by Gasteiger charge is -2.18. The normalized spacial score (nSPS) is 11.2. The van der Waals surface area contributed by atoms with Crippen molar-refractivity contribution in [3.8, 4) is 12.3 Å². The highest BCUT2D eigenvalue weighted by molar-refractivity contribution is 9.10. The van der Waals surface area contributed by atoms with Crippen LogP contribution in [0.15, 0.2) is 59.1 Å². The lowest BCUT2D eigenvalue weighted by atomic mass is 9.99. The number of hydrogen-bond donors (Lipinski definition) is 1. The van der Waals surface area contributed by atoms with E-state index < -0.39 is 0 Å². The van der Waals surface area contributed by atoms with Crippen LogP contribution in [0.4, 0.5) is 0 Å². The second-order valence-electron chi connectivity index (χ2n) is 4.38. The molecule has 0 saturated carbocycles. The summed E-state index contributed by atoms with van der Waals surface area (Å²) in [6.07, 6.45) is 6.29. The van der Waals surface area contributed by atoms with Crippen molar-refractivity contribution in [2.45, 2.75) is 12.5 Å². The van der Waals surface area contributed by atoms with Gasteiger partial charge in [-0.05, 0) is 29.7 Å². The summed E-state index contributed by atoms with van der Waals surface area (Å²) in [5, 5.41) is 3.40. The Balaban J connectivity index is 0.00000200. The van der Waals surface area contributed by atoms with Crippen LogP contribution in [0.25, 0.3) is 0 Å². The van der Waals surface area contributed by atoms with E-state index >= 15 is 0 Å². The average Bonchev–Trinajstić information content (AvgIpc) is 2.45. The number of benzene rings is 2. The Bertz CT molecular complexity index is 545. The minimum absolute atomic E-state index is 0. The smallest absolute Gasteiger partial charge is 0.0578 e. The van der Waals surface area contributed by atoms with E-state index in [1.807, 2.05) is 6.07 Å². The molecule has 0 saturated heterocycles. The molecular formula is C17H17BrClN. The predicted octanol–water partition coefficient (Wildman–Crippen LogP) is 4.38. The quantitative estimate of drug-likeness (QED) is 0.789. The Morgan fingerprint density at radius 1 is 1.05 bits per heavy atom. The molecule has 1 nitrogen and oxygen atoms in total. The highest BCUT2D eigenvalue weighted by Gasteiger charge is 2.11. The first-order valence-corrected chi connectivity index (χ1v) is 7.05. The largest absolute Gasteiger partial charge is 0.299 e. The third kappa shape index (κ3) is 5.02. The van der Waals surface area contributed by atoms with Gasteiger partial charge in [0, 0.05) is 10.5 Å². The van der Waals surface area contributed by atoms with Gasteiger partial charge in [0.1, 0.15) is 0 Å². The maximum absolute atomic E-state index is 5.35. The van der Waals surface area contributed by atoms with Gasteiger partial charge in [-0.3, -0.25) is 5.32 Å². The minimum Gasteiger partial charge on any atom is -0.299 e. The molecule has 0 fully saturated rings. The van der Waals surface area contributed by atoms with E-state index in [-0.39, 0.29) is 18.4 Å².